The SMILES string of the molecule is COC(CC(CN)NC1CC1)OC. The van der Waals surface area contributed by atoms with Crippen LogP contribution in [0.1, 0.15) is 19.3 Å². The first-order chi connectivity index (χ1) is 6.30. The van der Waals surface area contributed by atoms with E-state index in [1.54, 1.807) is 14.2 Å². The van der Waals surface area contributed by atoms with Gasteiger partial charge < -0.3 is 20.5 Å². The van der Waals surface area contributed by atoms with Crippen molar-refractivity contribution in [1.29, 1.82) is 0 Å². The fourth-order valence-corrected chi connectivity index (χ4v) is 1.34. The Kier molecular flexibility index (Phi) is 4.66. The van der Waals surface area contributed by atoms with Crippen LogP contribution >= 0.6 is 0 Å². The molecule has 1 atom stereocenters. The van der Waals surface area contributed by atoms with E-state index in [0.29, 0.717) is 18.6 Å². The maximum Gasteiger partial charge on any atom is 0.158 e. The van der Waals surface area contributed by atoms with Crippen LogP contribution in [0.5, 0.6) is 0 Å². The third-order valence-corrected chi connectivity index (χ3v) is 2.34. The molecule has 78 valence electrons. The molecule has 0 amide bonds. The zero-order valence-electron chi connectivity index (χ0n) is 8.45. The molecule has 0 aromatic carbocycles. The molecule has 0 aromatic rings. The molecule has 4 heteroatoms. The molecule has 1 saturated carbocycles. The fourth-order valence-electron chi connectivity index (χ4n) is 1.34. The van der Waals surface area contributed by atoms with Gasteiger partial charge in [0.05, 0.1) is 0 Å². The molecule has 0 bridgehead atoms. The zero-order valence-corrected chi connectivity index (χ0v) is 8.45. The number of nitrogens with two attached hydrogens (primary N) is 1. The molecule has 0 aromatic heterocycles. The molecule has 0 aliphatic heterocycles. The minimum atomic E-state index is -0.139. The fraction of sp³-hybridized carbons (Fsp3) is 1.00. The number of hydrogen-bond acceptors (Lipinski definition) is 4. The van der Waals surface area contributed by atoms with Crippen LogP contribution in [-0.4, -0.2) is 39.1 Å². The Balaban J connectivity index is 2.19. The van der Waals surface area contributed by atoms with Crippen molar-refractivity contribution in [2.75, 3.05) is 20.8 Å². The molecule has 1 unspecified atom stereocenters. The second kappa shape index (κ2) is 5.54. The van der Waals surface area contributed by atoms with Gasteiger partial charge in [-0.3, -0.25) is 0 Å². The van der Waals surface area contributed by atoms with Crippen LogP contribution in [0.3, 0.4) is 0 Å². The van der Waals surface area contributed by atoms with Crippen molar-refractivity contribution in [2.45, 2.75) is 37.6 Å². The Hall–Kier alpha value is -0.160. The Morgan fingerprint density at radius 1 is 1.38 bits per heavy atom. The molecule has 0 spiro atoms. The first-order valence-corrected chi connectivity index (χ1v) is 4.81. The lowest BCUT2D eigenvalue weighted by atomic mass is 10.2. The second-order valence-electron chi connectivity index (χ2n) is 3.51. The van der Waals surface area contributed by atoms with Gasteiger partial charge in [-0.1, -0.05) is 0 Å². The van der Waals surface area contributed by atoms with Gasteiger partial charge in [-0.15, -0.1) is 0 Å². The number of hydrogen-bond donors (Lipinski definition) is 2. The van der Waals surface area contributed by atoms with Crippen LogP contribution in [0.4, 0.5) is 0 Å². The van der Waals surface area contributed by atoms with Gasteiger partial charge in [0.1, 0.15) is 0 Å². The first-order valence-electron chi connectivity index (χ1n) is 4.81. The predicted octanol–water partition coefficient (Wildman–Crippen LogP) is 0.0747. The minimum absolute atomic E-state index is 0.139. The molecule has 0 radical (unpaired) electrons. The highest BCUT2D eigenvalue weighted by Crippen LogP contribution is 2.20. The van der Waals surface area contributed by atoms with Gasteiger partial charge in [0, 0.05) is 39.3 Å². The molecule has 13 heavy (non-hydrogen) atoms. The summed E-state index contributed by atoms with van der Waals surface area (Å²) in [6.07, 6.45) is 3.24. The largest absolute Gasteiger partial charge is 0.356 e. The number of rotatable bonds is 7. The van der Waals surface area contributed by atoms with Crippen LogP contribution in [0.2, 0.25) is 0 Å². The molecular weight excluding hydrogens is 168 g/mol. The number of ether oxygens (including phenoxy) is 2. The van der Waals surface area contributed by atoms with Gasteiger partial charge in [-0.25, -0.2) is 0 Å². The standard InChI is InChI=1S/C9H20N2O2/c1-12-9(13-2)5-8(6-10)11-7-3-4-7/h7-9,11H,3-6,10H2,1-2H3. The molecule has 1 aliphatic rings. The third kappa shape index (κ3) is 4.04. The summed E-state index contributed by atoms with van der Waals surface area (Å²) in [5.74, 6) is 0. The van der Waals surface area contributed by atoms with Crippen molar-refractivity contribution in [1.82, 2.24) is 5.32 Å². The number of methoxy groups -OCH3 is 2. The van der Waals surface area contributed by atoms with Crippen LogP contribution in [-0.2, 0) is 9.47 Å². The lowest BCUT2D eigenvalue weighted by molar-refractivity contribution is -0.110. The average Bonchev–Trinajstić information content (AvgIpc) is 2.95. The molecule has 1 aliphatic carbocycles. The Labute approximate surface area is 79.8 Å². The molecule has 3 N–H and O–H groups in total. The monoisotopic (exact) mass is 188 g/mol. The normalized spacial score (nSPS) is 19.4. The first kappa shape index (κ1) is 10.9. The summed E-state index contributed by atoms with van der Waals surface area (Å²) >= 11 is 0. The molecule has 1 rings (SSSR count). The quantitative estimate of drug-likeness (QED) is 0.555. The van der Waals surface area contributed by atoms with E-state index in [4.69, 9.17) is 15.2 Å². The van der Waals surface area contributed by atoms with E-state index in [1.807, 2.05) is 0 Å². The van der Waals surface area contributed by atoms with Crippen molar-refractivity contribution in [3.8, 4) is 0 Å². The van der Waals surface area contributed by atoms with E-state index < -0.39 is 0 Å². The summed E-state index contributed by atoms with van der Waals surface area (Å²) in [7, 11) is 3.30. The summed E-state index contributed by atoms with van der Waals surface area (Å²) in [5, 5.41) is 3.45. The molecular formula is C9H20N2O2. The van der Waals surface area contributed by atoms with Gasteiger partial charge in [0.2, 0.25) is 0 Å². The molecule has 1 fully saturated rings. The molecule has 0 saturated heterocycles. The van der Waals surface area contributed by atoms with E-state index in [9.17, 15) is 0 Å². The van der Waals surface area contributed by atoms with Crippen LogP contribution in [0, 0.1) is 0 Å². The van der Waals surface area contributed by atoms with E-state index in [2.05, 4.69) is 5.32 Å². The van der Waals surface area contributed by atoms with Gasteiger partial charge in [0.25, 0.3) is 0 Å². The van der Waals surface area contributed by atoms with E-state index in [-0.39, 0.29) is 6.29 Å². The lowest BCUT2D eigenvalue weighted by Gasteiger charge is -2.21. The third-order valence-electron chi connectivity index (χ3n) is 2.34. The van der Waals surface area contributed by atoms with Crippen molar-refractivity contribution in [3.63, 3.8) is 0 Å². The van der Waals surface area contributed by atoms with Gasteiger partial charge in [0.15, 0.2) is 6.29 Å². The van der Waals surface area contributed by atoms with Gasteiger partial charge in [-0.2, -0.15) is 0 Å². The van der Waals surface area contributed by atoms with Crippen molar-refractivity contribution >= 4 is 0 Å². The zero-order chi connectivity index (χ0) is 9.68. The van der Waals surface area contributed by atoms with Crippen LogP contribution in [0.25, 0.3) is 0 Å². The van der Waals surface area contributed by atoms with Gasteiger partial charge >= 0.3 is 0 Å². The number of nitrogens with one attached hydrogen (secondary N) is 1. The Bertz CT molecular complexity index is 136. The summed E-state index contributed by atoms with van der Waals surface area (Å²) in [6.45, 7) is 0.639. The van der Waals surface area contributed by atoms with Crippen LogP contribution in [0.15, 0.2) is 0 Å². The van der Waals surface area contributed by atoms with E-state index in [0.717, 1.165) is 6.42 Å². The van der Waals surface area contributed by atoms with Gasteiger partial charge in [-0.05, 0) is 12.8 Å². The highest BCUT2D eigenvalue weighted by molar-refractivity contribution is 4.85. The predicted molar refractivity (Wildman–Crippen MR) is 51.4 cm³/mol. The highest BCUT2D eigenvalue weighted by atomic mass is 16.7. The van der Waals surface area contributed by atoms with Crippen molar-refractivity contribution in [2.24, 2.45) is 5.73 Å². The molecule has 4 nitrogen and oxygen atoms in total. The summed E-state index contributed by atoms with van der Waals surface area (Å²) in [4.78, 5) is 0. The topological polar surface area (TPSA) is 56.5 Å². The average molecular weight is 188 g/mol. The van der Waals surface area contributed by atoms with Crippen molar-refractivity contribution in [3.05, 3.63) is 0 Å². The van der Waals surface area contributed by atoms with Crippen LogP contribution < -0.4 is 11.1 Å². The second-order valence-corrected chi connectivity index (χ2v) is 3.51. The lowest BCUT2D eigenvalue weighted by Crippen LogP contribution is -2.40. The van der Waals surface area contributed by atoms with E-state index in [1.165, 1.54) is 12.8 Å². The maximum atomic E-state index is 5.63. The molecule has 0 heterocycles. The smallest absolute Gasteiger partial charge is 0.158 e. The van der Waals surface area contributed by atoms with Crippen molar-refractivity contribution < 1.29 is 9.47 Å². The Morgan fingerprint density at radius 2 is 2.00 bits per heavy atom. The summed E-state index contributed by atoms with van der Waals surface area (Å²) < 4.78 is 10.2. The minimum Gasteiger partial charge on any atom is -0.356 e. The summed E-state index contributed by atoms with van der Waals surface area (Å²) in [5.41, 5.74) is 5.63. The maximum absolute atomic E-state index is 5.63. The Morgan fingerprint density at radius 3 is 2.38 bits per heavy atom. The highest BCUT2D eigenvalue weighted by Gasteiger charge is 2.25. The van der Waals surface area contributed by atoms with E-state index >= 15 is 0 Å². The summed E-state index contributed by atoms with van der Waals surface area (Å²) in [6, 6.07) is 1.00.